The fraction of sp³-hybridized carbons (Fsp3) is 0.474. The van der Waals surface area contributed by atoms with Crippen LogP contribution in [0.5, 0.6) is 0 Å². The molecule has 1 aliphatic carbocycles. The quantitative estimate of drug-likeness (QED) is 0.586. The molecule has 2 aliphatic heterocycles. The van der Waals surface area contributed by atoms with Gasteiger partial charge in [0.2, 0.25) is 10.0 Å². The predicted molar refractivity (Wildman–Crippen MR) is 105 cm³/mol. The van der Waals surface area contributed by atoms with Crippen molar-refractivity contribution in [3.05, 3.63) is 59.1 Å². The summed E-state index contributed by atoms with van der Waals surface area (Å²) in [6.07, 6.45) is 11.3. The third kappa shape index (κ3) is 3.50. The van der Waals surface area contributed by atoms with Crippen molar-refractivity contribution in [3.63, 3.8) is 0 Å². The van der Waals surface area contributed by atoms with E-state index in [1.54, 1.807) is 20.2 Å². The molecule has 0 aromatic heterocycles. The first-order chi connectivity index (χ1) is 12.7. The van der Waals surface area contributed by atoms with E-state index in [1.807, 2.05) is 37.4 Å². The van der Waals surface area contributed by atoms with Gasteiger partial charge < -0.3 is 20.5 Å². The van der Waals surface area contributed by atoms with Crippen molar-refractivity contribution >= 4 is 10.0 Å². The molecule has 3 aliphatic rings. The van der Waals surface area contributed by atoms with Gasteiger partial charge in [0.15, 0.2) is 6.29 Å². The van der Waals surface area contributed by atoms with Crippen molar-refractivity contribution in [2.45, 2.75) is 36.8 Å². The molecule has 3 N–H and O–H groups in total. The molecule has 3 rings (SSSR count). The summed E-state index contributed by atoms with van der Waals surface area (Å²) < 4.78 is 31.0. The zero-order valence-corrected chi connectivity index (χ0v) is 16.9. The number of hydrogen-bond acceptors (Lipinski definition) is 6. The van der Waals surface area contributed by atoms with E-state index >= 15 is 0 Å². The van der Waals surface area contributed by atoms with Gasteiger partial charge in [-0.05, 0) is 49.3 Å². The molecule has 0 bridgehead atoms. The maximum Gasteiger partial charge on any atom is 0.220 e. The number of nitrogens with zero attached hydrogens (tertiary/aromatic N) is 1. The van der Waals surface area contributed by atoms with E-state index in [1.165, 1.54) is 11.4 Å². The van der Waals surface area contributed by atoms with Crippen LogP contribution in [0.15, 0.2) is 59.1 Å². The van der Waals surface area contributed by atoms with Gasteiger partial charge in [-0.15, -0.1) is 0 Å². The SMILES string of the molecule is COC(O)C1=C(CC2=CCC(S(=O)(=O)N(C)C)C=C2)C2(C)NC=CC=C2N1. The molecule has 27 heavy (non-hydrogen) atoms. The van der Waals surface area contributed by atoms with E-state index in [-0.39, 0.29) is 0 Å². The van der Waals surface area contributed by atoms with Crippen molar-refractivity contribution in [2.24, 2.45) is 0 Å². The van der Waals surface area contributed by atoms with Crippen molar-refractivity contribution in [1.29, 1.82) is 0 Å². The number of aliphatic hydroxyl groups is 1. The number of aliphatic hydroxyl groups excluding tert-OH is 1. The van der Waals surface area contributed by atoms with E-state index in [0.717, 1.165) is 16.8 Å². The summed E-state index contributed by atoms with van der Waals surface area (Å²) in [5.41, 5.74) is 3.08. The topological polar surface area (TPSA) is 90.9 Å². The van der Waals surface area contributed by atoms with Gasteiger partial charge in [0.05, 0.1) is 16.5 Å². The van der Waals surface area contributed by atoms with E-state index in [4.69, 9.17) is 4.74 Å². The summed E-state index contributed by atoms with van der Waals surface area (Å²) in [4.78, 5) is 0. The highest BCUT2D eigenvalue weighted by Crippen LogP contribution is 2.40. The molecular weight excluding hydrogens is 366 g/mol. The Bertz CT molecular complexity index is 867. The van der Waals surface area contributed by atoms with Gasteiger partial charge in [-0.25, -0.2) is 12.7 Å². The van der Waals surface area contributed by atoms with Gasteiger partial charge in [-0.3, -0.25) is 0 Å². The van der Waals surface area contributed by atoms with Crippen molar-refractivity contribution in [2.75, 3.05) is 21.2 Å². The first-order valence-electron chi connectivity index (χ1n) is 8.85. The van der Waals surface area contributed by atoms with Crippen molar-refractivity contribution in [1.82, 2.24) is 14.9 Å². The van der Waals surface area contributed by atoms with Gasteiger partial charge in [-0.2, -0.15) is 0 Å². The number of nitrogens with one attached hydrogen (secondary N) is 2. The molecule has 3 atom stereocenters. The monoisotopic (exact) mass is 393 g/mol. The van der Waals surface area contributed by atoms with Crippen LogP contribution in [-0.4, -0.2) is 56.1 Å². The van der Waals surface area contributed by atoms with E-state index in [2.05, 4.69) is 10.6 Å². The summed E-state index contributed by atoms with van der Waals surface area (Å²) in [6.45, 7) is 2.05. The number of allylic oxidation sites excluding steroid dienone is 5. The number of ether oxygens (including phenoxy) is 1. The van der Waals surface area contributed by atoms with Crippen LogP contribution in [0.4, 0.5) is 0 Å². The fourth-order valence-corrected chi connectivity index (χ4v) is 4.74. The predicted octanol–water partition coefficient (Wildman–Crippen LogP) is 1.10. The van der Waals surface area contributed by atoms with Gasteiger partial charge in [-0.1, -0.05) is 18.2 Å². The molecule has 7 nitrogen and oxygen atoms in total. The summed E-state index contributed by atoms with van der Waals surface area (Å²) in [7, 11) is 1.23. The van der Waals surface area contributed by atoms with Crippen molar-refractivity contribution < 1.29 is 18.3 Å². The fourth-order valence-electron chi connectivity index (χ4n) is 3.58. The Morgan fingerprint density at radius 1 is 1.44 bits per heavy atom. The smallest absolute Gasteiger partial charge is 0.220 e. The maximum atomic E-state index is 12.3. The molecule has 0 spiro atoms. The number of sulfonamides is 1. The molecule has 0 radical (unpaired) electrons. The van der Waals surface area contributed by atoms with Crippen LogP contribution in [0.3, 0.4) is 0 Å². The molecule has 3 unspecified atom stereocenters. The minimum absolute atomic E-state index is 0.433. The van der Waals surface area contributed by atoms with Gasteiger partial charge in [0.1, 0.15) is 0 Å². The average molecular weight is 394 g/mol. The largest absolute Gasteiger partial charge is 0.377 e. The van der Waals surface area contributed by atoms with Crippen LogP contribution >= 0.6 is 0 Å². The number of rotatable bonds is 6. The molecule has 0 saturated carbocycles. The molecule has 0 fully saturated rings. The molecule has 0 aromatic rings. The summed E-state index contributed by atoms with van der Waals surface area (Å²) in [6, 6.07) is 0. The highest BCUT2D eigenvalue weighted by molar-refractivity contribution is 7.89. The maximum absolute atomic E-state index is 12.3. The minimum Gasteiger partial charge on any atom is -0.377 e. The van der Waals surface area contributed by atoms with E-state index in [0.29, 0.717) is 18.5 Å². The Hall–Kier alpha value is -1.87. The first kappa shape index (κ1) is 19.9. The second kappa shape index (κ2) is 7.27. The normalized spacial score (nSPS) is 28.4. The van der Waals surface area contributed by atoms with E-state index in [9.17, 15) is 13.5 Å². The third-order valence-electron chi connectivity index (χ3n) is 5.35. The number of fused-ring (bicyclic) bond motifs is 1. The summed E-state index contributed by atoms with van der Waals surface area (Å²) in [5, 5.41) is 16.4. The van der Waals surface area contributed by atoms with Crippen LogP contribution in [0.1, 0.15) is 19.8 Å². The Kier molecular flexibility index (Phi) is 5.36. The van der Waals surface area contributed by atoms with Gasteiger partial charge >= 0.3 is 0 Å². The highest BCUT2D eigenvalue weighted by Gasteiger charge is 2.43. The lowest BCUT2D eigenvalue weighted by Gasteiger charge is -2.32. The summed E-state index contributed by atoms with van der Waals surface area (Å²) >= 11 is 0. The lowest BCUT2D eigenvalue weighted by molar-refractivity contribution is -0.0481. The summed E-state index contributed by atoms with van der Waals surface area (Å²) in [5.74, 6) is 0. The Morgan fingerprint density at radius 2 is 2.19 bits per heavy atom. The molecule has 0 saturated heterocycles. The third-order valence-corrected chi connectivity index (χ3v) is 7.48. The number of dihydropyridines is 1. The Labute approximate surface area is 160 Å². The Balaban J connectivity index is 1.85. The van der Waals surface area contributed by atoms with Crippen LogP contribution in [0.25, 0.3) is 0 Å². The minimum atomic E-state index is -3.32. The van der Waals surface area contributed by atoms with Crippen LogP contribution in [0.2, 0.25) is 0 Å². The van der Waals surface area contributed by atoms with Gasteiger partial charge in [0, 0.05) is 26.9 Å². The molecule has 2 heterocycles. The van der Waals surface area contributed by atoms with Crippen LogP contribution in [0, 0.1) is 0 Å². The molecule has 148 valence electrons. The second-order valence-corrected chi connectivity index (χ2v) is 9.60. The number of hydrogen-bond donors (Lipinski definition) is 3. The lowest BCUT2D eigenvalue weighted by atomic mass is 9.84. The lowest BCUT2D eigenvalue weighted by Crippen LogP contribution is -2.43. The van der Waals surface area contributed by atoms with Crippen molar-refractivity contribution in [3.8, 4) is 0 Å². The van der Waals surface area contributed by atoms with E-state index < -0.39 is 27.1 Å². The second-order valence-electron chi connectivity index (χ2n) is 7.23. The van der Waals surface area contributed by atoms with Gasteiger partial charge in [0.25, 0.3) is 0 Å². The standard InChI is InChI=1S/C19H27N3O4S/c1-19-15(17(18(23)26-4)21-16(19)6-5-11-20-19)12-13-7-9-14(10-8-13)27(24,25)22(2)3/h5-9,11,14,18,20-21,23H,10,12H2,1-4H3. The average Bonchev–Trinajstić information content (AvgIpc) is 2.94. The zero-order chi connectivity index (χ0) is 19.8. The molecule has 0 aromatic carbocycles. The zero-order valence-electron chi connectivity index (χ0n) is 16.1. The molecule has 0 amide bonds. The van der Waals surface area contributed by atoms with Crippen LogP contribution < -0.4 is 10.6 Å². The number of methoxy groups -OCH3 is 1. The first-order valence-corrected chi connectivity index (χ1v) is 10.4. The highest BCUT2D eigenvalue weighted by atomic mass is 32.2. The molecular formula is C19H27N3O4S. The molecule has 8 heteroatoms. The Morgan fingerprint density at radius 3 is 2.78 bits per heavy atom. The van der Waals surface area contributed by atoms with Crippen LogP contribution in [-0.2, 0) is 14.8 Å².